The van der Waals surface area contributed by atoms with Crippen LogP contribution in [0, 0.1) is 6.92 Å². The van der Waals surface area contributed by atoms with Crippen LogP contribution >= 0.6 is 0 Å². The van der Waals surface area contributed by atoms with Crippen molar-refractivity contribution in [3.05, 3.63) is 47.0 Å². The van der Waals surface area contributed by atoms with Crippen LogP contribution in [0.25, 0.3) is 0 Å². The van der Waals surface area contributed by atoms with E-state index in [0.717, 1.165) is 44.2 Å². The SMILES string of the molecule is Cc1nnc2n1CCN(Cc1ccc(C(C)C)cc1)CC2. The smallest absolute Gasteiger partial charge is 0.134 e. The Morgan fingerprint density at radius 1 is 1.05 bits per heavy atom. The molecule has 0 aliphatic carbocycles. The lowest BCUT2D eigenvalue weighted by Gasteiger charge is -2.20. The maximum atomic E-state index is 4.28. The molecule has 0 spiro atoms. The average Bonchev–Trinajstić information content (AvgIpc) is 2.70. The summed E-state index contributed by atoms with van der Waals surface area (Å²) >= 11 is 0. The number of aryl methyl sites for hydroxylation is 1. The molecule has 0 N–H and O–H groups in total. The number of nitrogens with zero attached hydrogens (tertiary/aromatic N) is 4. The molecule has 0 atom stereocenters. The van der Waals surface area contributed by atoms with Crippen molar-refractivity contribution in [3.63, 3.8) is 0 Å². The molecule has 1 aliphatic rings. The topological polar surface area (TPSA) is 34.0 Å². The van der Waals surface area contributed by atoms with Gasteiger partial charge in [-0.25, -0.2) is 0 Å². The van der Waals surface area contributed by atoms with Crippen LogP contribution in [0.2, 0.25) is 0 Å². The molecule has 1 aromatic carbocycles. The zero-order chi connectivity index (χ0) is 14.8. The highest BCUT2D eigenvalue weighted by Gasteiger charge is 2.16. The summed E-state index contributed by atoms with van der Waals surface area (Å²) in [5, 5.41) is 8.44. The predicted octanol–water partition coefficient (Wildman–Crippen LogP) is 2.77. The minimum absolute atomic E-state index is 0.602. The van der Waals surface area contributed by atoms with E-state index in [1.807, 2.05) is 6.92 Å². The van der Waals surface area contributed by atoms with Gasteiger partial charge in [0, 0.05) is 32.6 Å². The molecule has 1 aliphatic heterocycles. The second-order valence-electron chi connectivity index (χ2n) is 6.24. The lowest BCUT2D eigenvalue weighted by molar-refractivity contribution is 0.270. The van der Waals surface area contributed by atoms with E-state index in [1.54, 1.807) is 0 Å². The Balaban J connectivity index is 1.64. The van der Waals surface area contributed by atoms with Gasteiger partial charge >= 0.3 is 0 Å². The molecule has 0 bridgehead atoms. The summed E-state index contributed by atoms with van der Waals surface area (Å²) < 4.78 is 2.25. The van der Waals surface area contributed by atoms with Gasteiger partial charge in [0.2, 0.25) is 0 Å². The Morgan fingerprint density at radius 2 is 1.81 bits per heavy atom. The Bertz CT molecular complexity index is 598. The molecule has 0 amide bonds. The standard InChI is InChI=1S/C17H24N4/c1-13(2)16-6-4-15(5-7-16)12-20-9-8-17-19-18-14(3)21(17)11-10-20/h4-7,13H,8-12H2,1-3H3. The Kier molecular flexibility index (Phi) is 4.06. The van der Waals surface area contributed by atoms with Crippen LogP contribution in [0.3, 0.4) is 0 Å². The molecular formula is C17H24N4. The average molecular weight is 284 g/mol. The van der Waals surface area contributed by atoms with Crippen LogP contribution in [0.5, 0.6) is 0 Å². The summed E-state index contributed by atoms with van der Waals surface area (Å²) in [6.07, 6.45) is 0.991. The summed E-state index contributed by atoms with van der Waals surface area (Å²) in [5.41, 5.74) is 2.81. The normalized spacial score (nSPS) is 16.0. The fourth-order valence-electron chi connectivity index (χ4n) is 2.94. The number of benzene rings is 1. The third-order valence-electron chi connectivity index (χ3n) is 4.36. The van der Waals surface area contributed by atoms with E-state index in [1.165, 1.54) is 11.1 Å². The van der Waals surface area contributed by atoms with Crippen molar-refractivity contribution in [2.45, 2.75) is 46.2 Å². The van der Waals surface area contributed by atoms with Crippen LogP contribution in [-0.4, -0.2) is 32.8 Å². The number of rotatable bonds is 3. The Labute approximate surface area is 126 Å². The summed E-state index contributed by atoms with van der Waals surface area (Å²) in [5.74, 6) is 2.77. The van der Waals surface area contributed by atoms with E-state index < -0.39 is 0 Å². The number of aromatic nitrogens is 3. The molecule has 21 heavy (non-hydrogen) atoms. The molecule has 3 rings (SSSR count). The van der Waals surface area contributed by atoms with Gasteiger partial charge in [0.25, 0.3) is 0 Å². The first kappa shape index (κ1) is 14.3. The molecule has 0 unspecified atom stereocenters. The lowest BCUT2D eigenvalue weighted by Crippen LogP contribution is -2.26. The Hall–Kier alpha value is -1.68. The van der Waals surface area contributed by atoms with E-state index in [2.05, 4.69) is 57.8 Å². The van der Waals surface area contributed by atoms with Crippen molar-refractivity contribution in [2.24, 2.45) is 0 Å². The summed E-state index contributed by atoms with van der Waals surface area (Å²) in [4.78, 5) is 2.51. The summed E-state index contributed by atoms with van der Waals surface area (Å²) in [7, 11) is 0. The van der Waals surface area contributed by atoms with Crippen LogP contribution in [0.4, 0.5) is 0 Å². The second-order valence-corrected chi connectivity index (χ2v) is 6.24. The molecule has 4 nitrogen and oxygen atoms in total. The minimum atomic E-state index is 0.602. The molecule has 4 heteroatoms. The molecule has 112 valence electrons. The zero-order valence-electron chi connectivity index (χ0n) is 13.2. The highest BCUT2D eigenvalue weighted by atomic mass is 15.3. The van der Waals surface area contributed by atoms with E-state index in [9.17, 15) is 0 Å². The van der Waals surface area contributed by atoms with Gasteiger partial charge in [-0.05, 0) is 24.0 Å². The van der Waals surface area contributed by atoms with Gasteiger partial charge in [0.1, 0.15) is 11.6 Å². The zero-order valence-corrected chi connectivity index (χ0v) is 13.2. The van der Waals surface area contributed by atoms with Gasteiger partial charge in [-0.15, -0.1) is 10.2 Å². The molecule has 0 fully saturated rings. The van der Waals surface area contributed by atoms with Crippen molar-refractivity contribution >= 4 is 0 Å². The minimum Gasteiger partial charge on any atom is -0.314 e. The number of hydrogen-bond donors (Lipinski definition) is 0. The quantitative estimate of drug-likeness (QED) is 0.869. The van der Waals surface area contributed by atoms with E-state index in [0.29, 0.717) is 5.92 Å². The van der Waals surface area contributed by atoms with E-state index in [-0.39, 0.29) is 0 Å². The highest BCUT2D eigenvalue weighted by molar-refractivity contribution is 5.24. The van der Waals surface area contributed by atoms with Crippen molar-refractivity contribution in [1.82, 2.24) is 19.7 Å². The molecule has 0 radical (unpaired) electrons. The summed E-state index contributed by atoms with van der Waals surface area (Å²) in [6.45, 7) is 10.7. The number of fused-ring (bicyclic) bond motifs is 1. The number of hydrogen-bond acceptors (Lipinski definition) is 3. The molecule has 0 saturated carbocycles. The van der Waals surface area contributed by atoms with Crippen molar-refractivity contribution in [2.75, 3.05) is 13.1 Å². The van der Waals surface area contributed by atoms with Gasteiger partial charge in [-0.3, -0.25) is 4.90 Å². The van der Waals surface area contributed by atoms with Crippen molar-refractivity contribution < 1.29 is 0 Å². The monoisotopic (exact) mass is 284 g/mol. The van der Waals surface area contributed by atoms with Crippen LogP contribution in [0.1, 0.15) is 42.5 Å². The van der Waals surface area contributed by atoms with Gasteiger partial charge in [0.15, 0.2) is 0 Å². The van der Waals surface area contributed by atoms with E-state index >= 15 is 0 Å². The maximum Gasteiger partial charge on any atom is 0.134 e. The molecule has 2 aromatic rings. The molecule has 2 heterocycles. The molecule has 1 aromatic heterocycles. The first-order valence-corrected chi connectivity index (χ1v) is 7.83. The Morgan fingerprint density at radius 3 is 2.52 bits per heavy atom. The largest absolute Gasteiger partial charge is 0.314 e. The first-order chi connectivity index (χ1) is 10.1. The highest BCUT2D eigenvalue weighted by Crippen LogP contribution is 2.17. The van der Waals surface area contributed by atoms with Gasteiger partial charge < -0.3 is 4.57 Å². The fourth-order valence-corrected chi connectivity index (χ4v) is 2.94. The van der Waals surface area contributed by atoms with E-state index in [4.69, 9.17) is 0 Å². The fraction of sp³-hybridized carbons (Fsp3) is 0.529. The third-order valence-corrected chi connectivity index (χ3v) is 4.36. The lowest BCUT2D eigenvalue weighted by atomic mass is 10.0. The van der Waals surface area contributed by atoms with Crippen LogP contribution in [0.15, 0.2) is 24.3 Å². The molecular weight excluding hydrogens is 260 g/mol. The molecule has 0 saturated heterocycles. The van der Waals surface area contributed by atoms with Crippen LogP contribution < -0.4 is 0 Å². The second kappa shape index (κ2) is 5.98. The summed E-state index contributed by atoms with van der Waals surface area (Å²) in [6, 6.07) is 9.06. The third kappa shape index (κ3) is 3.16. The van der Waals surface area contributed by atoms with Gasteiger partial charge in [-0.1, -0.05) is 38.1 Å². The first-order valence-electron chi connectivity index (χ1n) is 7.83. The van der Waals surface area contributed by atoms with Gasteiger partial charge in [0.05, 0.1) is 0 Å². The maximum absolute atomic E-state index is 4.28. The predicted molar refractivity (Wildman–Crippen MR) is 84.3 cm³/mol. The van der Waals surface area contributed by atoms with Crippen molar-refractivity contribution in [3.8, 4) is 0 Å². The van der Waals surface area contributed by atoms with Gasteiger partial charge in [-0.2, -0.15) is 0 Å². The van der Waals surface area contributed by atoms with Crippen LogP contribution in [-0.2, 0) is 19.5 Å². The van der Waals surface area contributed by atoms with Crippen molar-refractivity contribution in [1.29, 1.82) is 0 Å².